The summed E-state index contributed by atoms with van der Waals surface area (Å²) < 4.78 is -1.32. The summed E-state index contributed by atoms with van der Waals surface area (Å²) in [6.07, 6.45) is 0.488. The van der Waals surface area contributed by atoms with Crippen LogP contribution in [-0.2, 0) is 0 Å². The van der Waals surface area contributed by atoms with E-state index < -0.39 is 4.33 Å². The number of carbonyl (C=O) groups is 1. The van der Waals surface area contributed by atoms with Gasteiger partial charge in [-0.3, -0.25) is 9.69 Å². The highest BCUT2D eigenvalue weighted by atomic mass is 35.5. The Morgan fingerprint density at radius 1 is 1.39 bits per heavy atom. The van der Waals surface area contributed by atoms with Gasteiger partial charge in [-0.05, 0) is 13.8 Å². The topological polar surface area (TPSA) is 20.1 Å². The molecule has 0 N–H and O–H groups in total. The average Bonchev–Trinajstić information content (AvgIpc) is 3.08. The summed E-state index contributed by atoms with van der Waals surface area (Å²) in [4.78, 5) is 14.5. The molecule has 1 aromatic carbocycles. The quantitative estimate of drug-likeness (QED) is 0.469. The molecule has 1 fully saturated rings. The molecule has 0 amide bonds. The molecule has 0 bridgehead atoms. The molecule has 2 unspecified atom stereocenters. The Bertz CT molecular complexity index is 431. The molecular formula is C14H17Cl2NO. The van der Waals surface area contributed by atoms with Crippen LogP contribution in [0.3, 0.4) is 0 Å². The average molecular weight is 286 g/mol. The van der Waals surface area contributed by atoms with E-state index >= 15 is 0 Å². The molecule has 4 heteroatoms. The third-order valence-electron chi connectivity index (χ3n) is 3.28. The lowest BCUT2D eigenvalue weighted by molar-refractivity contribution is 0.0967. The molecule has 1 saturated heterocycles. The largest absolute Gasteiger partial charge is 0.295 e. The van der Waals surface area contributed by atoms with Gasteiger partial charge >= 0.3 is 0 Å². The van der Waals surface area contributed by atoms with Gasteiger partial charge in [0.2, 0.25) is 0 Å². The number of alkyl halides is 2. The second-order valence-corrected chi connectivity index (χ2v) is 6.53. The predicted octanol–water partition coefficient (Wildman–Crippen LogP) is 3.53. The molecule has 98 valence electrons. The monoisotopic (exact) mass is 285 g/mol. The lowest BCUT2D eigenvalue weighted by Crippen LogP contribution is -2.29. The van der Waals surface area contributed by atoms with Crippen LogP contribution in [0.1, 0.15) is 30.6 Å². The Morgan fingerprint density at radius 3 is 2.50 bits per heavy atom. The van der Waals surface area contributed by atoms with E-state index in [-0.39, 0.29) is 5.78 Å². The van der Waals surface area contributed by atoms with Crippen LogP contribution in [0.25, 0.3) is 0 Å². The number of nitrogens with zero attached hydrogens (tertiary/aromatic N) is 1. The Balaban J connectivity index is 2.01. The van der Waals surface area contributed by atoms with Crippen molar-refractivity contribution in [3.8, 4) is 0 Å². The standard InChI is InChI=1S/C14H17Cl2NO/c1-10(2)17-9-12(17)8-14(15,16)13(18)11-6-4-3-5-7-11/h3-7,10,12H,8-9H2,1-2H3. The lowest BCUT2D eigenvalue weighted by Gasteiger charge is -2.18. The van der Waals surface area contributed by atoms with Crippen LogP contribution in [0.5, 0.6) is 0 Å². The third kappa shape index (κ3) is 3.05. The van der Waals surface area contributed by atoms with Crippen LogP contribution in [0, 0.1) is 0 Å². The summed E-state index contributed by atoms with van der Waals surface area (Å²) in [6.45, 7) is 5.23. The van der Waals surface area contributed by atoms with Crippen LogP contribution >= 0.6 is 23.2 Å². The van der Waals surface area contributed by atoms with E-state index in [9.17, 15) is 4.79 Å². The first-order chi connectivity index (χ1) is 8.42. The minimum absolute atomic E-state index is 0.206. The molecule has 0 aromatic heterocycles. The van der Waals surface area contributed by atoms with Crippen LogP contribution in [0.4, 0.5) is 0 Å². The number of benzene rings is 1. The predicted molar refractivity (Wildman–Crippen MR) is 75.5 cm³/mol. The number of hydrogen-bond acceptors (Lipinski definition) is 2. The van der Waals surface area contributed by atoms with E-state index in [2.05, 4.69) is 18.7 Å². The van der Waals surface area contributed by atoms with Gasteiger partial charge in [0.05, 0.1) is 0 Å². The summed E-state index contributed by atoms with van der Waals surface area (Å²) in [7, 11) is 0. The van der Waals surface area contributed by atoms with Gasteiger partial charge in [0.1, 0.15) is 0 Å². The number of carbonyl (C=O) groups excluding carboxylic acids is 1. The van der Waals surface area contributed by atoms with Crippen LogP contribution in [-0.4, -0.2) is 33.6 Å². The zero-order valence-electron chi connectivity index (χ0n) is 10.6. The SMILES string of the molecule is CC(C)N1CC1CC(Cl)(Cl)C(=O)c1ccccc1. The van der Waals surface area contributed by atoms with E-state index in [1.807, 2.05) is 18.2 Å². The summed E-state index contributed by atoms with van der Waals surface area (Å²) in [5, 5.41) is 0. The summed E-state index contributed by atoms with van der Waals surface area (Å²) in [5.41, 5.74) is 0.569. The van der Waals surface area contributed by atoms with Gasteiger partial charge in [-0.25, -0.2) is 0 Å². The maximum atomic E-state index is 12.2. The first kappa shape index (κ1) is 13.9. The number of hydrogen-bond donors (Lipinski definition) is 0. The Labute approximate surface area is 118 Å². The third-order valence-corrected chi connectivity index (χ3v) is 3.93. The van der Waals surface area contributed by atoms with Crippen LogP contribution < -0.4 is 0 Å². The number of rotatable bonds is 5. The zero-order chi connectivity index (χ0) is 13.3. The van der Waals surface area contributed by atoms with Crippen molar-refractivity contribution in [3.63, 3.8) is 0 Å². The summed E-state index contributed by atoms with van der Waals surface area (Å²) >= 11 is 12.4. The van der Waals surface area contributed by atoms with Crippen molar-refractivity contribution in [3.05, 3.63) is 35.9 Å². The number of ketones is 1. The Hall–Kier alpha value is -0.570. The van der Waals surface area contributed by atoms with Crippen molar-refractivity contribution < 1.29 is 4.79 Å². The fourth-order valence-electron chi connectivity index (χ4n) is 2.20. The van der Waals surface area contributed by atoms with Crippen molar-refractivity contribution in [2.24, 2.45) is 0 Å². The van der Waals surface area contributed by atoms with E-state index in [1.165, 1.54) is 0 Å². The van der Waals surface area contributed by atoms with Gasteiger partial charge in [0.25, 0.3) is 0 Å². The molecule has 0 radical (unpaired) electrons. The molecule has 0 saturated carbocycles. The molecule has 2 nitrogen and oxygen atoms in total. The second kappa shape index (κ2) is 5.20. The second-order valence-electron chi connectivity index (χ2n) is 5.05. The first-order valence-electron chi connectivity index (χ1n) is 6.15. The molecule has 1 heterocycles. The number of halogens is 2. The van der Waals surface area contributed by atoms with Crippen LogP contribution in [0.15, 0.2) is 30.3 Å². The first-order valence-corrected chi connectivity index (χ1v) is 6.91. The van der Waals surface area contributed by atoms with Gasteiger partial charge in [-0.2, -0.15) is 0 Å². The molecule has 2 atom stereocenters. The Kier molecular flexibility index (Phi) is 4.00. The molecule has 1 aliphatic rings. The molecule has 0 spiro atoms. The number of Topliss-reactive ketones (excluding diaryl/α,β-unsaturated/α-hetero) is 1. The van der Waals surface area contributed by atoms with Crippen LogP contribution in [0.2, 0.25) is 0 Å². The fraction of sp³-hybridized carbons (Fsp3) is 0.500. The summed E-state index contributed by atoms with van der Waals surface area (Å²) in [6, 6.07) is 9.79. The van der Waals surface area contributed by atoms with Crippen molar-refractivity contribution in [1.82, 2.24) is 4.90 Å². The van der Waals surface area contributed by atoms with Gasteiger partial charge in [-0.1, -0.05) is 53.5 Å². The minimum Gasteiger partial charge on any atom is -0.295 e. The molecule has 1 aliphatic heterocycles. The van der Waals surface area contributed by atoms with Gasteiger partial charge < -0.3 is 0 Å². The molecule has 0 aliphatic carbocycles. The zero-order valence-corrected chi connectivity index (χ0v) is 12.1. The highest BCUT2D eigenvalue weighted by Gasteiger charge is 2.45. The van der Waals surface area contributed by atoms with E-state index in [1.54, 1.807) is 12.1 Å². The van der Waals surface area contributed by atoms with E-state index in [4.69, 9.17) is 23.2 Å². The van der Waals surface area contributed by atoms with Gasteiger partial charge in [0.15, 0.2) is 10.1 Å². The normalized spacial score (nSPS) is 23.2. The molecule has 1 aromatic rings. The van der Waals surface area contributed by atoms with Crippen molar-refractivity contribution >= 4 is 29.0 Å². The minimum atomic E-state index is -1.32. The van der Waals surface area contributed by atoms with Crippen molar-refractivity contribution in [1.29, 1.82) is 0 Å². The maximum Gasteiger partial charge on any atom is 0.198 e. The summed E-state index contributed by atoms with van der Waals surface area (Å²) in [5.74, 6) is -0.206. The molecule has 18 heavy (non-hydrogen) atoms. The van der Waals surface area contributed by atoms with Crippen molar-refractivity contribution in [2.45, 2.75) is 36.7 Å². The Morgan fingerprint density at radius 2 is 2.00 bits per heavy atom. The maximum absolute atomic E-state index is 12.2. The highest BCUT2D eigenvalue weighted by Crippen LogP contribution is 2.37. The lowest BCUT2D eigenvalue weighted by atomic mass is 10.0. The van der Waals surface area contributed by atoms with Gasteiger partial charge in [-0.15, -0.1) is 0 Å². The van der Waals surface area contributed by atoms with E-state index in [0.717, 1.165) is 6.54 Å². The van der Waals surface area contributed by atoms with Crippen molar-refractivity contribution in [2.75, 3.05) is 6.54 Å². The fourth-order valence-corrected chi connectivity index (χ4v) is 2.77. The molecule has 2 rings (SSSR count). The smallest absolute Gasteiger partial charge is 0.198 e. The van der Waals surface area contributed by atoms with E-state index in [0.29, 0.717) is 24.1 Å². The molecular weight excluding hydrogens is 269 g/mol. The van der Waals surface area contributed by atoms with Gasteiger partial charge in [0, 0.05) is 30.6 Å². The highest BCUT2D eigenvalue weighted by molar-refractivity contribution is 6.59.